The Morgan fingerprint density at radius 3 is 2.88 bits per heavy atom. The lowest BCUT2D eigenvalue weighted by molar-refractivity contribution is 0.0986. The van der Waals surface area contributed by atoms with E-state index in [2.05, 4.69) is 15.9 Å². The van der Waals surface area contributed by atoms with Crippen LogP contribution in [0.25, 0.3) is 0 Å². The second-order valence-electron chi connectivity index (χ2n) is 4.18. The van der Waals surface area contributed by atoms with Gasteiger partial charge in [-0.2, -0.15) is 0 Å². The van der Waals surface area contributed by atoms with Crippen LogP contribution in [0.1, 0.15) is 21.6 Å². The van der Waals surface area contributed by atoms with Crippen LogP contribution < -0.4 is 0 Å². The van der Waals surface area contributed by atoms with E-state index in [0.717, 1.165) is 21.3 Å². The van der Waals surface area contributed by atoms with Crippen LogP contribution in [0.2, 0.25) is 5.02 Å². The third-order valence-corrected chi connectivity index (χ3v) is 3.68. The third-order valence-electron chi connectivity index (χ3n) is 3.01. The van der Waals surface area contributed by atoms with Gasteiger partial charge in [-0.1, -0.05) is 17.7 Å². The minimum absolute atomic E-state index is 0.150. The number of halogens is 2. The van der Waals surface area contributed by atoms with Crippen LogP contribution in [-0.4, -0.2) is 10.4 Å². The molecule has 1 aromatic heterocycles. The van der Waals surface area contributed by atoms with E-state index in [1.54, 1.807) is 0 Å². The summed E-state index contributed by atoms with van der Waals surface area (Å²) in [5.41, 5.74) is 2.94. The Hall–Kier alpha value is -1.06. The average Bonchev–Trinajstić information content (AvgIpc) is 2.58. The number of fused-ring (bicyclic) bond motifs is 2. The molecule has 0 bridgehead atoms. The van der Waals surface area contributed by atoms with Crippen molar-refractivity contribution in [3.05, 3.63) is 56.8 Å². The monoisotopic (exact) mass is 309 g/mol. The first kappa shape index (κ1) is 11.1. The largest absolute Gasteiger partial charge is 0.339 e. The molecule has 0 saturated heterocycles. The second-order valence-corrected chi connectivity index (χ2v) is 5.54. The van der Waals surface area contributed by atoms with Crippen LogP contribution in [0, 0.1) is 0 Å². The lowest BCUT2D eigenvalue weighted by Crippen LogP contribution is -2.05. The number of aromatic nitrogens is 1. The molecule has 4 heteroatoms. The van der Waals surface area contributed by atoms with Gasteiger partial charge in [0, 0.05) is 28.7 Å². The Morgan fingerprint density at radius 1 is 1.24 bits per heavy atom. The summed E-state index contributed by atoms with van der Waals surface area (Å²) in [6, 6.07) is 7.59. The normalized spacial score (nSPS) is 14.1. The SMILES string of the molecule is O=C1Cc2ccc(Cl)cc2Cn2cc(Br)cc21. The zero-order valence-electron chi connectivity index (χ0n) is 8.91. The minimum atomic E-state index is 0.150. The molecule has 0 amide bonds. The quantitative estimate of drug-likeness (QED) is 0.727. The maximum atomic E-state index is 12.1. The van der Waals surface area contributed by atoms with Crippen molar-refractivity contribution in [3.8, 4) is 0 Å². The van der Waals surface area contributed by atoms with E-state index >= 15 is 0 Å². The van der Waals surface area contributed by atoms with E-state index in [1.165, 1.54) is 0 Å². The fourth-order valence-corrected chi connectivity index (χ4v) is 2.86. The highest BCUT2D eigenvalue weighted by Gasteiger charge is 2.20. The molecule has 1 aromatic carbocycles. The summed E-state index contributed by atoms with van der Waals surface area (Å²) in [5, 5.41) is 0.714. The van der Waals surface area contributed by atoms with Crippen molar-refractivity contribution < 1.29 is 4.79 Å². The standard InChI is InChI=1S/C13H9BrClNO/c14-10-5-12-13(17)4-8-1-2-11(15)3-9(8)6-16(12)7-10/h1-3,5,7H,4,6H2. The molecular weight excluding hydrogens is 302 g/mol. The van der Waals surface area contributed by atoms with Gasteiger partial charge in [0.05, 0.1) is 5.69 Å². The molecule has 3 rings (SSSR count). The first-order valence-corrected chi connectivity index (χ1v) is 6.47. The number of carbonyl (C=O) groups is 1. The molecule has 0 unspecified atom stereocenters. The Labute approximate surface area is 112 Å². The van der Waals surface area contributed by atoms with E-state index in [-0.39, 0.29) is 5.78 Å². The van der Waals surface area contributed by atoms with Crippen LogP contribution >= 0.6 is 27.5 Å². The minimum Gasteiger partial charge on any atom is -0.339 e. The summed E-state index contributed by atoms with van der Waals surface area (Å²) in [6.07, 6.45) is 2.38. The molecule has 0 atom stereocenters. The molecule has 1 aliphatic rings. The Balaban J connectivity index is 2.16. The van der Waals surface area contributed by atoms with Crippen LogP contribution in [0.15, 0.2) is 34.9 Å². The van der Waals surface area contributed by atoms with Crippen molar-refractivity contribution in [2.45, 2.75) is 13.0 Å². The molecule has 17 heavy (non-hydrogen) atoms. The van der Waals surface area contributed by atoms with Gasteiger partial charge in [0.25, 0.3) is 0 Å². The summed E-state index contributed by atoms with van der Waals surface area (Å²) in [5.74, 6) is 0.150. The number of benzene rings is 1. The van der Waals surface area contributed by atoms with Crippen LogP contribution in [0.3, 0.4) is 0 Å². The zero-order chi connectivity index (χ0) is 12.0. The van der Waals surface area contributed by atoms with Crippen LogP contribution in [0.4, 0.5) is 0 Å². The summed E-state index contributed by atoms with van der Waals surface area (Å²) < 4.78 is 2.90. The molecule has 0 radical (unpaired) electrons. The molecule has 1 aliphatic heterocycles. The molecule has 0 saturated carbocycles. The Bertz CT molecular complexity index is 618. The van der Waals surface area contributed by atoms with Crippen molar-refractivity contribution in [1.82, 2.24) is 4.57 Å². The summed E-state index contributed by atoms with van der Waals surface area (Å²) >= 11 is 9.40. The number of carbonyl (C=O) groups excluding carboxylic acids is 1. The maximum absolute atomic E-state index is 12.1. The third kappa shape index (κ3) is 1.94. The number of hydrogen-bond donors (Lipinski definition) is 0. The Morgan fingerprint density at radius 2 is 2.06 bits per heavy atom. The lowest BCUT2D eigenvalue weighted by Gasteiger charge is -2.06. The van der Waals surface area contributed by atoms with Gasteiger partial charge in [-0.15, -0.1) is 0 Å². The summed E-state index contributed by atoms with van der Waals surface area (Å²) in [4.78, 5) is 12.1. The number of rotatable bonds is 0. The number of Topliss-reactive ketones (excluding diaryl/α,β-unsaturated/α-hetero) is 1. The molecule has 86 valence electrons. The van der Waals surface area contributed by atoms with Gasteiger partial charge in [0.1, 0.15) is 0 Å². The van der Waals surface area contributed by atoms with Crippen LogP contribution in [-0.2, 0) is 13.0 Å². The van der Waals surface area contributed by atoms with Gasteiger partial charge in [0.2, 0.25) is 0 Å². The highest BCUT2D eigenvalue weighted by Crippen LogP contribution is 2.25. The molecule has 0 N–H and O–H groups in total. The highest BCUT2D eigenvalue weighted by atomic mass is 79.9. The number of ketones is 1. The fraction of sp³-hybridized carbons (Fsp3) is 0.154. The predicted octanol–water partition coefficient (Wildman–Crippen LogP) is 3.69. The fourth-order valence-electron chi connectivity index (χ4n) is 2.20. The van der Waals surface area contributed by atoms with E-state index in [4.69, 9.17) is 11.6 Å². The van der Waals surface area contributed by atoms with Crippen LogP contribution in [0.5, 0.6) is 0 Å². The molecule has 2 nitrogen and oxygen atoms in total. The molecular formula is C13H9BrClNO. The Kier molecular flexibility index (Phi) is 2.60. The topological polar surface area (TPSA) is 22.0 Å². The maximum Gasteiger partial charge on any atom is 0.183 e. The molecule has 2 heterocycles. The predicted molar refractivity (Wildman–Crippen MR) is 70.7 cm³/mol. The highest BCUT2D eigenvalue weighted by molar-refractivity contribution is 9.10. The summed E-state index contributed by atoms with van der Waals surface area (Å²) in [6.45, 7) is 0.697. The van der Waals surface area contributed by atoms with Gasteiger partial charge >= 0.3 is 0 Å². The van der Waals surface area contributed by atoms with E-state index in [1.807, 2.05) is 35.0 Å². The molecule has 0 fully saturated rings. The lowest BCUT2D eigenvalue weighted by atomic mass is 10.0. The molecule has 2 aromatic rings. The van der Waals surface area contributed by atoms with E-state index in [0.29, 0.717) is 18.0 Å². The number of hydrogen-bond acceptors (Lipinski definition) is 1. The average molecular weight is 311 g/mol. The van der Waals surface area contributed by atoms with Gasteiger partial charge in [-0.25, -0.2) is 0 Å². The van der Waals surface area contributed by atoms with Crippen molar-refractivity contribution in [2.75, 3.05) is 0 Å². The number of nitrogens with zero attached hydrogens (tertiary/aromatic N) is 1. The van der Waals surface area contributed by atoms with Crippen molar-refractivity contribution in [2.24, 2.45) is 0 Å². The molecule has 0 spiro atoms. The van der Waals surface area contributed by atoms with Crippen molar-refractivity contribution in [3.63, 3.8) is 0 Å². The van der Waals surface area contributed by atoms with E-state index < -0.39 is 0 Å². The van der Waals surface area contributed by atoms with Gasteiger partial charge in [-0.3, -0.25) is 4.79 Å². The molecule has 0 aliphatic carbocycles. The van der Waals surface area contributed by atoms with Crippen molar-refractivity contribution >= 4 is 33.3 Å². The van der Waals surface area contributed by atoms with E-state index in [9.17, 15) is 4.79 Å². The first-order chi connectivity index (χ1) is 8.13. The zero-order valence-corrected chi connectivity index (χ0v) is 11.3. The van der Waals surface area contributed by atoms with Crippen molar-refractivity contribution in [1.29, 1.82) is 0 Å². The summed E-state index contributed by atoms with van der Waals surface area (Å²) in [7, 11) is 0. The van der Waals surface area contributed by atoms with Gasteiger partial charge in [0.15, 0.2) is 5.78 Å². The first-order valence-electron chi connectivity index (χ1n) is 5.29. The van der Waals surface area contributed by atoms with Gasteiger partial charge < -0.3 is 4.57 Å². The second kappa shape index (κ2) is 4.00. The van der Waals surface area contributed by atoms with Gasteiger partial charge in [-0.05, 0) is 45.3 Å². The smallest absolute Gasteiger partial charge is 0.183 e.